The molecular formula is C20H36O4. The number of unbranched alkanes of at least 4 members (excludes halogenated alkanes) is 5. The highest BCUT2D eigenvalue weighted by atomic mass is 16.5. The smallest absolute Gasteiger partial charge is 0.310 e. The third-order valence-electron chi connectivity index (χ3n) is 5.18. The first-order valence-corrected chi connectivity index (χ1v) is 10.0. The molecule has 0 spiro atoms. The van der Waals surface area contributed by atoms with Crippen LogP contribution in [-0.2, 0) is 14.3 Å². The largest absolute Gasteiger partial charge is 0.481 e. The minimum Gasteiger partial charge on any atom is -0.481 e. The maximum absolute atomic E-state index is 12.5. The van der Waals surface area contributed by atoms with Crippen LogP contribution in [0.15, 0.2) is 0 Å². The van der Waals surface area contributed by atoms with Crippen molar-refractivity contribution in [3.8, 4) is 0 Å². The molecule has 1 aliphatic carbocycles. The number of hydrogen-bond acceptors (Lipinski definition) is 3. The lowest BCUT2D eigenvalue weighted by molar-refractivity contribution is -0.164. The number of carboxylic acid groups (broad SMARTS) is 1. The second-order valence-electron chi connectivity index (χ2n) is 7.24. The summed E-state index contributed by atoms with van der Waals surface area (Å²) < 4.78 is 5.78. The molecule has 4 nitrogen and oxygen atoms in total. The molecular weight excluding hydrogens is 304 g/mol. The van der Waals surface area contributed by atoms with Gasteiger partial charge < -0.3 is 9.84 Å². The Morgan fingerprint density at radius 2 is 1.50 bits per heavy atom. The van der Waals surface area contributed by atoms with Crippen molar-refractivity contribution < 1.29 is 19.4 Å². The minimum absolute atomic E-state index is 0.0320. The summed E-state index contributed by atoms with van der Waals surface area (Å²) >= 11 is 0. The van der Waals surface area contributed by atoms with Crippen LogP contribution in [0.3, 0.4) is 0 Å². The first-order valence-electron chi connectivity index (χ1n) is 10.0. The molecule has 0 aliphatic heterocycles. The van der Waals surface area contributed by atoms with Crippen LogP contribution in [0.5, 0.6) is 0 Å². The molecule has 3 atom stereocenters. The SMILES string of the molecule is CCCCCCCC(CCCC)OC(=O)C1CCCCC1C(=O)O. The fourth-order valence-corrected chi connectivity index (χ4v) is 3.63. The molecule has 1 rings (SSSR count). The Balaban J connectivity index is 2.50. The first kappa shape index (κ1) is 21.0. The van der Waals surface area contributed by atoms with Crippen LogP contribution in [0, 0.1) is 11.8 Å². The number of carbonyl (C=O) groups is 2. The fraction of sp³-hybridized carbons (Fsp3) is 0.900. The third-order valence-corrected chi connectivity index (χ3v) is 5.18. The van der Waals surface area contributed by atoms with E-state index in [2.05, 4.69) is 13.8 Å². The van der Waals surface area contributed by atoms with Gasteiger partial charge in [0, 0.05) is 0 Å². The van der Waals surface area contributed by atoms with Gasteiger partial charge in [-0.3, -0.25) is 9.59 Å². The van der Waals surface area contributed by atoms with Crippen LogP contribution in [0.4, 0.5) is 0 Å². The molecule has 1 saturated carbocycles. The van der Waals surface area contributed by atoms with Crippen LogP contribution in [0.1, 0.15) is 97.3 Å². The minimum atomic E-state index is -0.846. The van der Waals surface area contributed by atoms with Crippen molar-refractivity contribution in [3.63, 3.8) is 0 Å². The van der Waals surface area contributed by atoms with Gasteiger partial charge >= 0.3 is 11.9 Å². The van der Waals surface area contributed by atoms with Crippen molar-refractivity contribution in [2.24, 2.45) is 11.8 Å². The summed E-state index contributed by atoms with van der Waals surface area (Å²) in [5.74, 6) is -2.11. The molecule has 0 aromatic rings. The lowest BCUT2D eigenvalue weighted by atomic mass is 9.79. The van der Waals surface area contributed by atoms with Crippen molar-refractivity contribution in [2.45, 2.75) is 103 Å². The van der Waals surface area contributed by atoms with E-state index in [0.717, 1.165) is 44.9 Å². The summed E-state index contributed by atoms with van der Waals surface area (Å²) in [5, 5.41) is 9.35. The number of esters is 1. The fourth-order valence-electron chi connectivity index (χ4n) is 3.63. The molecule has 4 heteroatoms. The van der Waals surface area contributed by atoms with Gasteiger partial charge in [-0.25, -0.2) is 0 Å². The second kappa shape index (κ2) is 12.3. The van der Waals surface area contributed by atoms with E-state index in [0.29, 0.717) is 12.8 Å². The molecule has 0 aromatic carbocycles. The van der Waals surface area contributed by atoms with Crippen molar-refractivity contribution >= 4 is 11.9 Å². The summed E-state index contributed by atoms with van der Waals surface area (Å²) in [6.45, 7) is 4.34. The molecule has 0 saturated heterocycles. The molecule has 0 amide bonds. The second-order valence-corrected chi connectivity index (χ2v) is 7.24. The monoisotopic (exact) mass is 340 g/mol. The number of carboxylic acids is 1. The zero-order chi connectivity index (χ0) is 17.8. The standard InChI is InChI=1S/C20H36O4/c1-3-5-7-8-9-13-16(12-6-4-2)24-20(23)18-15-11-10-14-17(18)19(21)22/h16-18H,3-15H2,1-2H3,(H,21,22). The number of ether oxygens (including phenoxy) is 1. The Kier molecular flexibility index (Phi) is 10.8. The highest BCUT2D eigenvalue weighted by Crippen LogP contribution is 2.32. The van der Waals surface area contributed by atoms with Crippen LogP contribution in [0.2, 0.25) is 0 Å². The van der Waals surface area contributed by atoms with E-state index in [-0.39, 0.29) is 12.1 Å². The Bertz CT molecular complexity index is 367. The van der Waals surface area contributed by atoms with Crippen molar-refractivity contribution in [2.75, 3.05) is 0 Å². The Morgan fingerprint density at radius 1 is 0.917 bits per heavy atom. The maximum Gasteiger partial charge on any atom is 0.310 e. The molecule has 3 unspecified atom stereocenters. The van der Waals surface area contributed by atoms with Crippen LogP contribution < -0.4 is 0 Å². The van der Waals surface area contributed by atoms with Gasteiger partial charge in [-0.05, 0) is 32.1 Å². The average Bonchev–Trinajstić information content (AvgIpc) is 2.59. The van der Waals surface area contributed by atoms with Crippen LogP contribution in [-0.4, -0.2) is 23.1 Å². The van der Waals surface area contributed by atoms with Crippen molar-refractivity contribution in [1.82, 2.24) is 0 Å². The zero-order valence-electron chi connectivity index (χ0n) is 15.6. The molecule has 0 aromatic heterocycles. The molecule has 24 heavy (non-hydrogen) atoms. The van der Waals surface area contributed by atoms with E-state index in [9.17, 15) is 14.7 Å². The van der Waals surface area contributed by atoms with Gasteiger partial charge in [0.25, 0.3) is 0 Å². The van der Waals surface area contributed by atoms with E-state index >= 15 is 0 Å². The van der Waals surface area contributed by atoms with E-state index in [1.165, 1.54) is 25.7 Å². The summed E-state index contributed by atoms with van der Waals surface area (Å²) in [5.41, 5.74) is 0. The maximum atomic E-state index is 12.5. The quantitative estimate of drug-likeness (QED) is 0.385. The third kappa shape index (κ3) is 7.67. The molecule has 1 N–H and O–H groups in total. The Labute approximate surface area is 147 Å². The summed E-state index contributed by atoms with van der Waals surface area (Å²) in [7, 11) is 0. The lowest BCUT2D eigenvalue weighted by Gasteiger charge is -2.28. The number of aliphatic carboxylic acids is 1. The average molecular weight is 341 g/mol. The summed E-state index contributed by atoms with van der Waals surface area (Å²) in [4.78, 5) is 23.9. The molecule has 1 fully saturated rings. The van der Waals surface area contributed by atoms with Gasteiger partial charge in [-0.1, -0.05) is 65.2 Å². The molecule has 140 valence electrons. The predicted molar refractivity (Wildman–Crippen MR) is 95.9 cm³/mol. The normalized spacial score (nSPS) is 22.1. The highest BCUT2D eigenvalue weighted by Gasteiger charge is 2.37. The zero-order valence-corrected chi connectivity index (χ0v) is 15.6. The van der Waals surface area contributed by atoms with Gasteiger partial charge in [-0.15, -0.1) is 0 Å². The predicted octanol–water partition coefficient (Wildman–Crippen LogP) is 5.34. The molecule has 0 bridgehead atoms. The van der Waals surface area contributed by atoms with E-state index < -0.39 is 17.8 Å². The van der Waals surface area contributed by atoms with Crippen LogP contribution >= 0.6 is 0 Å². The summed E-state index contributed by atoms with van der Waals surface area (Å²) in [6, 6.07) is 0. The summed E-state index contributed by atoms with van der Waals surface area (Å²) in [6.07, 6.45) is 13.0. The Morgan fingerprint density at radius 3 is 2.12 bits per heavy atom. The van der Waals surface area contributed by atoms with E-state index in [4.69, 9.17) is 4.74 Å². The number of hydrogen-bond donors (Lipinski definition) is 1. The lowest BCUT2D eigenvalue weighted by Crippen LogP contribution is -2.35. The Hall–Kier alpha value is -1.06. The first-order chi connectivity index (χ1) is 11.6. The molecule has 1 aliphatic rings. The van der Waals surface area contributed by atoms with Gasteiger partial charge in [0.1, 0.15) is 6.10 Å². The van der Waals surface area contributed by atoms with Crippen molar-refractivity contribution in [1.29, 1.82) is 0 Å². The number of rotatable bonds is 12. The van der Waals surface area contributed by atoms with Gasteiger partial charge in [-0.2, -0.15) is 0 Å². The van der Waals surface area contributed by atoms with Gasteiger partial charge in [0.05, 0.1) is 11.8 Å². The van der Waals surface area contributed by atoms with Crippen LogP contribution in [0.25, 0.3) is 0 Å². The van der Waals surface area contributed by atoms with E-state index in [1.807, 2.05) is 0 Å². The topological polar surface area (TPSA) is 63.6 Å². The van der Waals surface area contributed by atoms with Gasteiger partial charge in [0.15, 0.2) is 0 Å². The highest BCUT2D eigenvalue weighted by molar-refractivity contribution is 5.81. The molecule has 0 heterocycles. The number of carbonyl (C=O) groups excluding carboxylic acids is 1. The molecule has 0 radical (unpaired) electrons. The van der Waals surface area contributed by atoms with Gasteiger partial charge in [0.2, 0.25) is 0 Å². The van der Waals surface area contributed by atoms with E-state index in [1.54, 1.807) is 0 Å². The van der Waals surface area contributed by atoms with Crippen molar-refractivity contribution in [3.05, 3.63) is 0 Å².